The molecule has 1 aliphatic carbocycles. The summed E-state index contributed by atoms with van der Waals surface area (Å²) >= 11 is 0. The minimum atomic E-state index is -0.738. The second kappa shape index (κ2) is 8.90. The van der Waals surface area contributed by atoms with Gasteiger partial charge in [-0.1, -0.05) is 12.0 Å². The van der Waals surface area contributed by atoms with Gasteiger partial charge in [0.25, 0.3) is 0 Å². The quantitative estimate of drug-likeness (QED) is 0.330. The van der Waals surface area contributed by atoms with Gasteiger partial charge in [-0.05, 0) is 58.4 Å². The molecule has 0 radical (unpaired) electrons. The summed E-state index contributed by atoms with van der Waals surface area (Å²) in [6.45, 7) is 7.51. The van der Waals surface area contributed by atoms with Gasteiger partial charge in [-0.2, -0.15) is 0 Å². The van der Waals surface area contributed by atoms with Crippen LogP contribution in [0, 0.1) is 5.41 Å². The van der Waals surface area contributed by atoms with Crippen molar-refractivity contribution < 1.29 is 23.9 Å². The fraction of sp³-hybridized carbons (Fsp3) is 0.842. The number of hydrogen-bond acceptors (Lipinski definition) is 6. The maximum atomic E-state index is 13.3. The average Bonchev–Trinajstić information content (AvgIpc) is 3.05. The lowest BCUT2D eigenvalue weighted by Gasteiger charge is -2.40. The van der Waals surface area contributed by atoms with E-state index in [2.05, 4.69) is 15.3 Å². The fourth-order valence-electron chi connectivity index (χ4n) is 3.99. The number of carbonyl (C=O) groups excluding carboxylic acids is 3. The number of nitrogens with one attached hydrogen (secondary N) is 1. The van der Waals surface area contributed by atoms with Crippen LogP contribution >= 0.6 is 0 Å². The molecule has 1 saturated carbocycles. The van der Waals surface area contributed by atoms with Crippen LogP contribution in [0.4, 0.5) is 4.79 Å². The van der Waals surface area contributed by atoms with E-state index < -0.39 is 35.2 Å². The third-order valence-corrected chi connectivity index (χ3v) is 5.55. The predicted molar refractivity (Wildman–Crippen MR) is 105 cm³/mol. The van der Waals surface area contributed by atoms with E-state index in [1.807, 2.05) is 6.92 Å². The van der Waals surface area contributed by atoms with E-state index in [0.29, 0.717) is 25.7 Å². The molecule has 0 aromatic heterocycles. The molecule has 1 saturated heterocycles. The molecule has 2 atom stereocenters. The number of azide groups is 1. The Morgan fingerprint density at radius 2 is 1.86 bits per heavy atom. The Morgan fingerprint density at radius 1 is 1.24 bits per heavy atom. The van der Waals surface area contributed by atoms with Crippen LogP contribution in [0.3, 0.4) is 0 Å². The molecule has 29 heavy (non-hydrogen) atoms. The molecule has 2 fully saturated rings. The van der Waals surface area contributed by atoms with Crippen LogP contribution in [0.25, 0.3) is 10.4 Å². The van der Waals surface area contributed by atoms with Gasteiger partial charge in [0, 0.05) is 22.9 Å². The highest BCUT2D eigenvalue weighted by molar-refractivity contribution is 5.88. The lowest BCUT2D eigenvalue weighted by Crippen LogP contribution is -2.51. The summed E-state index contributed by atoms with van der Waals surface area (Å²) in [5, 5.41) is 6.55. The van der Waals surface area contributed by atoms with E-state index in [1.54, 1.807) is 20.8 Å². The Balaban J connectivity index is 2.01. The molecular weight excluding hydrogens is 378 g/mol. The molecule has 1 unspecified atom stereocenters. The molecule has 0 bridgehead atoms. The average molecular weight is 409 g/mol. The number of alkyl carbamates (subject to hydrolysis) is 1. The highest BCUT2D eigenvalue weighted by Crippen LogP contribution is 2.39. The molecule has 0 spiro atoms. The summed E-state index contributed by atoms with van der Waals surface area (Å²) in [6.07, 6.45) is 2.23. The SMILES string of the molecule is COC(=O)[C@@H]1CC(N=[N+]=[N-])CN1C(=O)C1(C)CCC(NC(=O)OC(C)(C)C)CC1. The van der Waals surface area contributed by atoms with Gasteiger partial charge in [-0.3, -0.25) is 4.79 Å². The summed E-state index contributed by atoms with van der Waals surface area (Å²) in [5.74, 6) is -0.642. The molecule has 1 heterocycles. The largest absolute Gasteiger partial charge is 0.467 e. The third-order valence-electron chi connectivity index (χ3n) is 5.55. The van der Waals surface area contributed by atoms with Crippen molar-refractivity contribution in [2.45, 2.75) is 83.5 Å². The highest BCUT2D eigenvalue weighted by Gasteiger charge is 2.47. The van der Waals surface area contributed by atoms with E-state index in [-0.39, 0.29) is 24.9 Å². The number of methoxy groups -OCH3 is 1. The Morgan fingerprint density at radius 3 is 2.38 bits per heavy atom. The van der Waals surface area contributed by atoms with Gasteiger partial charge in [0.15, 0.2) is 0 Å². The fourth-order valence-corrected chi connectivity index (χ4v) is 3.99. The Bertz CT molecular complexity index is 690. The maximum Gasteiger partial charge on any atom is 0.407 e. The maximum absolute atomic E-state index is 13.3. The van der Waals surface area contributed by atoms with Crippen LogP contribution in [0.5, 0.6) is 0 Å². The zero-order valence-electron chi connectivity index (χ0n) is 17.8. The van der Waals surface area contributed by atoms with Crippen molar-refractivity contribution in [3.63, 3.8) is 0 Å². The van der Waals surface area contributed by atoms with Crippen molar-refractivity contribution in [1.29, 1.82) is 0 Å². The van der Waals surface area contributed by atoms with Crippen LogP contribution < -0.4 is 5.32 Å². The third kappa shape index (κ3) is 5.76. The molecule has 0 aromatic carbocycles. The van der Waals surface area contributed by atoms with Gasteiger partial charge >= 0.3 is 12.1 Å². The first kappa shape index (κ1) is 22.8. The van der Waals surface area contributed by atoms with Gasteiger partial charge in [0.1, 0.15) is 11.6 Å². The standard InChI is InChI=1S/C19H31N5O5/c1-18(2,3)29-17(27)21-12-6-8-19(4,9-7-12)16(26)24-11-13(22-23-20)10-14(24)15(25)28-5/h12-14H,6-11H2,1-5H3,(H,21,27)/t12?,13?,14-,19?/m0/s1. The van der Waals surface area contributed by atoms with E-state index in [4.69, 9.17) is 15.0 Å². The van der Waals surface area contributed by atoms with Gasteiger partial charge in [-0.15, -0.1) is 0 Å². The normalized spacial score (nSPS) is 29.6. The molecular formula is C19H31N5O5. The first-order valence-corrected chi connectivity index (χ1v) is 9.91. The lowest BCUT2D eigenvalue weighted by atomic mass is 9.73. The number of hydrogen-bond donors (Lipinski definition) is 1. The smallest absolute Gasteiger partial charge is 0.407 e. The zero-order chi connectivity index (χ0) is 21.8. The van der Waals surface area contributed by atoms with E-state index in [9.17, 15) is 14.4 Å². The predicted octanol–water partition coefficient (Wildman–Crippen LogP) is 2.91. The minimum absolute atomic E-state index is 0.0587. The Kier molecular flexibility index (Phi) is 7.00. The number of nitrogens with zero attached hydrogens (tertiary/aromatic N) is 4. The van der Waals surface area contributed by atoms with Gasteiger partial charge < -0.3 is 19.7 Å². The molecule has 2 amide bonds. The molecule has 0 aromatic rings. The van der Waals surface area contributed by atoms with Gasteiger partial charge in [0.05, 0.1) is 13.2 Å². The van der Waals surface area contributed by atoms with Crippen molar-refractivity contribution in [1.82, 2.24) is 10.2 Å². The van der Waals surface area contributed by atoms with E-state index in [1.165, 1.54) is 12.0 Å². The van der Waals surface area contributed by atoms with Crippen molar-refractivity contribution >= 4 is 18.0 Å². The summed E-state index contributed by atoms with van der Waals surface area (Å²) in [4.78, 5) is 41.7. The molecule has 10 nitrogen and oxygen atoms in total. The Hall–Kier alpha value is -2.48. The zero-order valence-corrected chi connectivity index (χ0v) is 17.8. The molecule has 1 N–H and O–H groups in total. The minimum Gasteiger partial charge on any atom is -0.467 e. The second-order valence-electron chi connectivity index (χ2n) is 9.07. The van der Waals surface area contributed by atoms with Crippen LogP contribution in [0.2, 0.25) is 0 Å². The van der Waals surface area contributed by atoms with Crippen molar-refractivity contribution in [2.75, 3.05) is 13.7 Å². The number of carbonyl (C=O) groups is 3. The van der Waals surface area contributed by atoms with Crippen LogP contribution in [0.1, 0.15) is 59.8 Å². The first-order chi connectivity index (χ1) is 13.5. The van der Waals surface area contributed by atoms with Crippen LogP contribution in [-0.4, -0.2) is 60.3 Å². The molecule has 2 aliphatic rings. The second-order valence-corrected chi connectivity index (χ2v) is 9.07. The monoisotopic (exact) mass is 409 g/mol. The van der Waals surface area contributed by atoms with Crippen LogP contribution in [-0.2, 0) is 19.1 Å². The molecule has 10 heteroatoms. The molecule has 1 aliphatic heterocycles. The number of ether oxygens (including phenoxy) is 2. The topological polar surface area (TPSA) is 134 Å². The molecule has 162 valence electrons. The Labute approximate surface area is 170 Å². The summed E-state index contributed by atoms with van der Waals surface area (Å²) < 4.78 is 10.1. The summed E-state index contributed by atoms with van der Waals surface area (Å²) in [6, 6.07) is -1.24. The number of amides is 2. The summed E-state index contributed by atoms with van der Waals surface area (Å²) in [5.41, 5.74) is 7.48. The van der Waals surface area contributed by atoms with Crippen LogP contribution in [0.15, 0.2) is 5.11 Å². The van der Waals surface area contributed by atoms with Crippen molar-refractivity contribution in [3.8, 4) is 0 Å². The van der Waals surface area contributed by atoms with Gasteiger partial charge in [0.2, 0.25) is 5.91 Å². The summed E-state index contributed by atoms with van der Waals surface area (Å²) in [7, 11) is 1.28. The molecule has 2 rings (SSSR count). The van der Waals surface area contributed by atoms with Crippen molar-refractivity contribution in [2.24, 2.45) is 10.5 Å². The van der Waals surface area contributed by atoms with Gasteiger partial charge in [-0.25, -0.2) is 9.59 Å². The number of esters is 1. The lowest BCUT2D eigenvalue weighted by molar-refractivity contribution is -0.155. The first-order valence-electron chi connectivity index (χ1n) is 9.91. The van der Waals surface area contributed by atoms with Crippen molar-refractivity contribution in [3.05, 3.63) is 10.4 Å². The highest BCUT2D eigenvalue weighted by atomic mass is 16.6. The number of rotatable bonds is 4. The van der Waals surface area contributed by atoms with E-state index >= 15 is 0 Å². The van der Waals surface area contributed by atoms with E-state index in [0.717, 1.165) is 0 Å². The number of likely N-dealkylation sites (tertiary alicyclic amines) is 1.